The van der Waals surface area contributed by atoms with Crippen LogP contribution in [0.25, 0.3) is 5.65 Å². The zero-order valence-corrected chi connectivity index (χ0v) is 13.5. The Kier molecular flexibility index (Phi) is 6.21. The standard InChI is InChI=1S/C17H28N4/c1-4-20(5-2)11-8-9-15(3)18-13-16-14-21-12-7-6-10-17(21)19-16/h6-7,10,12,14-15,18H,4-5,8-9,11,13H2,1-3H3. The Morgan fingerprint density at radius 1 is 1.29 bits per heavy atom. The normalized spacial score (nSPS) is 13.1. The van der Waals surface area contributed by atoms with Crippen molar-refractivity contribution in [3.63, 3.8) is 0 Å². The minimum Gasteiger partial charge on any atom is -0.309 e. The van der Waals surface area contributed by atoms with E-state index in [0.717, 1.165) is 31.0 Å². The van der Waals surface area contributed by atoms with Crippen LogP contribution < -0.4 is 5.32 Å². The quantitative estimate of drug-likeness (QED) is 0.770. The highest BCUT2D eigenvalue weighted by atomic mass is 15.1. The number of pyridine rings is 1. The van der Waals surface area contributed by atoms with Crippen molar-refractivity contribution in [2.45, 2.75) is 46.2 Å². The molecule has 4 nitrogen and oxygen atoms in total. The number of hydrogen-bond acceptors (Lipinski definition) is 3. The SMILES string of the molecule is CCN(CC)CCCC(C)NCc1cn2ccccc2n1. The fraction of sp³-hybridized carbons (Fsp3) is 0.588. The largest absolute Gasteiger partial charge is 0.309 e. The summed E-state index contributed by atoms with van der Waals surface area (Å²) in [6, 6.07) is 6.62. The predicted molar refractivity (Wildman–Crippen MR) is 88.5 cm³/mol. The molecule has 0 saturated carbocycles. The molecule has 0 bridgehead atoms. The van der Waals surface area contributed by atoms with Crippen molar-refractivity contribution in [1.82, 2.24) is 19.6 Å². The van der Waals surface area contributed by atoms with Crippen LogP contribution in [0.4, 0.5) is 0 Å². The van der Waals surface area contributed by atoms with E-state index in [1.54, 1.807) is 0 Å². The molecule has 2 aromatic heterocycles. The topological polar surface area (TPSA) is 32.6 Å². The smallest absolute Gasteiger partial charge is 0.137 e. The molecule has 2 rings (SSSR count). The van der Waals surface area contributed by atoms with Gasteiger partial charge in [-0.25, -0.2) is 4.98 Å². The van der Waals surface area contributed by atoms with E-state index in [2.05, 4.69) is 46.6 Å². The van der Waals surface area contributed by atoms with Crippen molar-refractivity contribution in [2.24, 2.45) is 0 Å². The number of imidazole rings is 1. The molecule has 0 fully saturated rings. The van der Waals surface area contributed by atoms with Gasteiger partial charge in [-0.2, -0.15) is 0 Å². The average Bonchev–Trinajstić information content (AvgIpc) is 2.92. The van der Waals surface area contributed by atoms with Crippen LogP contribution in [-0.4, -0.2) is 40.0 Å². The van der Waals surface area contributed by atoms with Crippen LogP contribution in [0.1, 0.15) is 39.3 Å². The number of fused-ring (bicyclic) bond motifs is 1. The van der Waals surface area contributed by atoms with Gasteiger partial charge >= 0.3 is 0 Å². The van der Waals surface area contributed by atoms with E-state index in [-0.39, 0.29) is 0 Å². The minimum absolute atomic E-state index is 0.533. The van der Waals surface area contributed by atoms with Gasteiger partial charge in [0.15, 0.2) is 0 Å². The lowest BCUT2D eigenvalue weighted by Gasteiger charge is -2.19. The Morgan fingerprint density at radius 2 is 2.10 bits per heavy atom. The van der Waals surface area contributed by atoms with Gasteiger partial charge in [-0.15, -0.1) is 0 Å². The van der Waals surface area contributed by atoms with Crippen LogP contribution in [0, 0.1) is 0 Å². The highest BCUT2D eigenvalue weighted by Gasteiger charge is 2.06. The fourth-order valence-electron chi connectivity index (χ4n) is 2.61. The summed E-state index contributed by atoms with van der Waals surface area (Å²) in [4.78, 5) is 7.09. The van der Waals surface area contributed by atoms with E-state index in [0.29, 0.717) is 6.04 Å². The summed E-state index contributed by atoms with van der Waals surface area (Å²) >= 11 is 0. The van der Waals surface area contributed by atoms with Crippen LogP contribution in [0.15, 0.2) is 30.6 Å². The van der Waals surface area contributed by atoms with Crippen LogP contribution in [0.5, 0.6) is 0 Å². The van der Waals surface area contributed by atoms with Crippen LogP contribution in [-0.2, 0) is 6.54 Å². The van der Waals surface area contributed by atoms with Crippen molar-refractivity contribution in [3.05, 3.63) is 36.3 Å². The first-order valence-corrected chi connectivity index (χ1v) is 8.11. The summed E-state index contributed by atoms with van der Waals surface area (Å²) < 4.78 is 2.07. The Balaban J connectivity index is 1.72. The van der Waals surface area contributed by atoms with Crippen molar-refractivity contribution in [2.75, 3.05) is 19.6 Å². The first kappa shape index (κ1) is 16.0. The maximum atomic E-state index is 4.61. The molecule has 0 spiro atoms. The Bertz CT molecular complexity index is 497. The number of rotatable bonds is 9. The molecule has 2 aromatic rings. The van der Waals surface area contributed by atoms with E-state index < -0.39 is 0 Å². The van der Waals surface area contributed by atoms with Gasteiger partial charge in [-0.05, 0) is 51.5 Å². The summed E-state index contributed by atoms with van der Waals surface area (Å²) in [6.45, 7) is 11.1. The minimum atomic E-state index is 0.533. The lowest BCUT2D eigenvalue weighted by Crippen LogP contribution is -2.28. The molecule has 0 amide bonds. The molecule has 0 aromatic carbocycles. The van der Waals surface area contributed by atoms with Crippen LogP contribution in [0.3, 0.4) is 0 Å². The first-order chi connectivity index (χ1) is 10.2. The second-order valence-electron chi connectivity index (χ2n) is 5.65. The summed E-state index contributed by atoms with van der Waals surface area (Å²) in [5.74, 6) is 0. The lowest BCUT2D eigenvalue weighted by atomic mass is 10.1. The zero-order chi connectivity index (χ0) is 15.1. The maximum Gasteiger partial charge on any atom is 0.137 e. The molecule has 0 aliphatic carbocycles. The number of hydrogen-bond donors (Lipinski definition) is 1. The summed E-state index contributed by atoms with van der Waals surface area (Å²) in [5.41, 5.74) is 2.13. The molecule has 21 heavy (non-hydrogen) atoms. The van der Waals surface area contributed by atoms with Gasteiger partial charge in [0.25, 0.3) is 0 Å². The van der Waals surface area contributed by atoms with Gasteiger partial charge in [0.1, 0.15) is 5.65 Å². The first-order valence-electron chi connectivity index (χ1n) is 8.11. The molecule has 1 unspecified atom stereocenters. The molecular formula is C17H28N4. The fourth-order valence-corrected chi connectivity index (χ4v) is 2.61. The van der Waals surface area contributed by atoms with Crippen molar-refractivity contribution in [3.8, 4) is 0 Å². The molecule has 1 N–H and O–H groups in total. The van der Waals surface area contributed by atoms with E-state index in [1.165, 1.54) is 19.4 Å². The van der Waals surface area contributed by atoms with Crippen LogP contribution in [0.2, 0.25) is 0 Å². The molecule has 0 saturated heterocycles. The predicted octanol–water partition coefficient (Wildman–Crippen LogP) is 2.93. The number of aromatic nitrogens is 2. The second-order valence-corrected chi connectivity index (χ2v) is 5.65. The number of nitrogens with one attached hydrogen (secondary N) is 1. The summed E-state index contributed by atoms with van der Waals surface area (Å²) in [5, 5.41) is 3.58. The highest BCUT2D eigenvalue weighted by molar-refractivity contribution is 5.39. The van der Waals surface area contributed by atoms with E-state index >= 15 is 0 Å². The molecule has 116 valence electrons. The van der Waals surface area contributed by atoms with Crippen molar-refractivity contribution >= 4 is 5.65 Å². The average molecular weight is 288 g/mol. The highest BCUT2D eigenvalue weighted by Crippen LogP contribution is 2.05. The van der Waals surface area contributed by atoms with E-state index in [1.807, 2.05) is 24.4 Å². The van der Waals surface area contributed by atoms with Crippen molar-refractivity contribution < 1.29 is 0 Å². The maximum absolute atomic E-state index is 4.61. The third-order valence-electron chi connectivity index (χ3n) is 4.05. The van der Waals surface area contributed by atoms with Gasteiger partial charge in [0.05, 0.1) is 5.69 Å². The third-order valence-corrected chi connectivity index (χ3v) is 4.05. The molecule has 4 heteroatoms. The summed E-state index contributed by atoms with van der Waals surface area (Å²) in [7, 11) is 0. The molecule has 0 aliphatic heterocycles. The molecule has 2 heterocycles. The van der Waals surface area contributed by atoms with Gasteiger partial charge in [-0.3, -0.25) is 0 Å². The zero-order valence-electron chi connectivity index (χ0n) is 13.5. The summed E-state index contributed by atoms with van der Waals surface area (Å²) in [6.07, 6.45) is 6.61. The lowest BCUT2D eigenvalue weighted by molar-refractivity contribution is 0.290. The van der Waals surface area contributed by atoms with Gasteiger partial charge in [-0.1, -0.05) is 19.9 Å². The Labute approximate surface area is 128 Å². The van der Waals surface area contributed by atoms with E-state index in [9.17, 15) is 0 Å². The third kappa shape index (κ3) is 4.83. The monoisotopic (exact) mass is 288 g/mol. The van der Waals surface area contributed by atoms with Gasteiger partial charge < -0.3 is 14.6 Å². The molecule has 0 radical (unpaired) electrons. The van der Waals surface area contributed by atoms with Crippen LogP contribution >= 0.6 is 0 Å². The Morgan fingerprint density at radius 3 is 2.81 bits per heavy atom. The van der Waals surface area contributed by atoms with Gasteiger partial charge in [0.2, 0.25) is 0 Å². The molecule has 1 atom stereocenters. The van der Waals surface area contributed by atoms with Gasteiger partial charge in [0, 0.05) is 25.0 Å². The second kappa shape index (κ2) is 8.15. The molecular weight excluding hydrogens is 260 g/mol. The molecule has 0 aliphatic rings. The van der Waals surface area contributed by atoms with Crippen molar-refractivity contribution in [1.29, 1.82) is 0 Å². The number of nitrogens with zero attached hydrogens (tertiary/aromatic N) is 3. The Hall–Kier alpha value is -1.39. The van der Waals surface area contributed by atoms with E-state index in [4.69, 9.17) is 0 Å².